The predicted octanol–water partition coefficient (Wildman–Crippen LogP) is 2.50. The standard InChI is InChI=1S/C9H9.Al.ClH/c1-2-6-9-7-4-3-5-8-9;;/h2-8H,1H2;;1H. The second kappa shape index (κ2) is 5.44. The zero-order chi connectivity index (χ0) is 7.40. The zero-order valence-corrected chi connectivity index (χ0v) is 8.21. The van der Waals surface area contributed by atoms with Crippen molar-refractivity contribution in [2.24, 2.45) is 0 Å². The minimum Gasteiger partial charge on any atom is -0.147 e. The molecule has 0 saturated heterocycles. The van der Waals surface area contributed by atoms with E-state index in [1.165, 1.54) is 5.56 Å². The van der Waals surface area contributed by atoms with Gasteiger partial charge in [0.2, 0.25) is 0 Å². The lowest BCUT2D eigenvalue weighted by Crippen LogP contribution is -1.91. The summed E-state index contributed by atoms with van der Waals surface area (Å²) in [6, 6.07) is 10.3. The highest BCUT2D eigenvalue weighted by molar-refractivity contribution is 6.13. The van der Waals surface area contributed by atoms with Gasteiger partial charge in [-0.25, -0.2) is 0 Å². The van der Waals surface area contributed by atoms with E-state index in [4.69, 9.17) is 0 Å². The minimum absolute atomic E-state index is 0. The van der Waals surface area contributed by atoms with Crippen LogP contribution in [0.2, 0.25) is 0 Å². The summed E-state index contributed by atoms with van der Waals surface area (Å²) in [7, 11) is 0. The monoisotopic (exact) mass is 180 g/mol. The topological polar surface area (TPSA) is 0 Å². The second-order valence-corrected chi connectivity index (χ2v) is 2.89. The number of benzene rings is 1. The summed E-state index contributed by atoms with van der Waals surface area (Å²) in [5.41, 5.74) is 1.29. The van der Waals surface area contributed by atoms with E-state index in [2.05, 4.69) is 35.0 Å². The fourth-order valence-electron chi connectivity index (χ4n) is 0.811. The fraction of sp³-hybridized carbons (Fsp3) is 0.111. The third kappa shape index (κ3) is 3.12. The first-order valence-electron chi connectivity index (χ1n) is 3.27. The number of allylic oxidation sites excluding steroid dienone is 1. The third-order valence-corrected chi connectivity index (χ3v) is 2.10. The van der Waals surface area contributed by atoms with Gasteiger partial charge in [0, 0.05) is 0 Å². The first kappa shape index (κ1) is 10.8. The molecule has 11 heavy (non-hydrogen) atoms. The minimum atomic E-state index is 0. The van der Waals surface area contributed by atoms with Crippen molar-refractivity contribution in [3.63, 3.8) is 0 Å². The van der Waals surface area contributed by atoms with Crippen LogP contribution in [0.25, 0.3) is 0 Å². The van der Waals surface area contributed by atoms with Crippen molar-refractivity contribution in [3.05, 3.63) is 48.6 Å². The maximum absolute atomic E-state index is 3.72. The number of hydrogen-bond acceptors (Lipinski definition) is 0. The molecule has 0 aliphatic carbocycles. The molecule has 0 aliphatic heterocycles. The van der Waals surface area contributed by atoms with Crippen molar-refractivity contribution in [1.82, 2.24) is 0 Å². The zero-order valence-electron chi connectivity index (χ0n) is 6.23. The highest BCUT2D eigenvalue weighted by Crippen LogP contribution is 2.10. The van der Waals surface area contributed by atoms with Gasteiger partial charge in [0.05, 0.1) is 0 Å². The molecule has 1 atom stereocenters. The summed E-state index contributed by atoms with van der Waals surface area (Å²) >= 11 is 2.73. The Labute approximate surface area is 82.2 Å². The normalized spacial score (nSPS) is 11.3. The lowest BCUT2D eigenvalue weighted by Gasteiger charge is -2.04. The van der Waals surface area contributed by atoms with Crippen molar-refractivity contribution in [2.75, 3.05) is 0 Å². The number of halogens is 1. The molecule has 0 fully saturated rings. The molecule has 1 aromatic carbocycles. The van der Waals surface area contributed by atoms with Gasteiger partial charge in [0.25, 0.3) is 0 Å². The molecule has 0 N–H and O–H groups in total. The highest BCUT2D eigenvalue weighted by atomic mass is 35.5. The Morgan fingerprint density at radius 2 is 1.82 bits per heavy atom. The molecule has 56 valence electrons. The quantitative estimate of drug-likeness (QED) is 0.485. The van der Waals surface area contributed by atoms with E-state index in [1.807, 2.05) is 24.3 Å². The van der Waals surface area contributed by atoms with Crippen molar-refractivity contribution in [1.29, 1.82) is 0 Å². The lowest BCUT2D eigenvalue weighted by atomic mass is 10.1. The Morgan fingerprint density at radius 1 is 1.27 bits per heavy atom. The van der Waals surface area contributed by atoms with E-state index in [9.17, 15) is 0 Å². The van der Waals surface area contributed by atoms with Crippen molar-refractivity contribution < 1.29 is 0 Å². The Bertz CT molecular complexity index is 208. The fourth-order valence-corrected chi connectivity index (χ4v) is 1.03. The summed E-state index contributed by atoms with van der Waals surface area (Å²) in [4.78, 5) is 0. The van der Waals surface area contributed by atoms with Crippen LogP contribution >= 0.6 is 12.4 Å². The van der Waals surface area contributed by atoms with E-state index in [-0.39, 0.29) is 12.4 Å². The van der Waals surface area contributed by atoms with E-state index in [0.717, 1.165) is 0 Å². The smallest absolute Gasteiger partial charge is 0.138 e. The van der Waals surface area contributed by atoms with E-state index in [1.54, 1.807) is 0 Å². The van der Waals surface area contributed by atoms with Crippen LogP contribution in [0.3, 0.4) is 0 Å². The van der Waals surface area contributed by atoms with Crippen molar-refractivity contribution in [3.8, 4) is 0 Å². The van der Waals surface area contributed by atoms with E-state index >= 15 is 0 Å². The maximum atomic E-state index is 3.72. The molecular weight excluding hydrogens is 171 g/mol. The van der Waals surface area contributed by atoms with E-state index < -0.39 is 0 Å². The molecule has 0 heterocycles. The van der Waals surface area contributed by atoms with Crippen molar-refractivity contribution >= 4 is 28.7 Å². The molecule has 1 rings (SSSR count). The number of hydrogen-bond donors (Lipinski definition) is 0. The molecule has 0 bridgehead atoms. The van der Waals surface area contributed by atoms with Gasteiger partial charge in [-0.3, -0.25) is 0 Å². The molecule has 1 unspecified atom stereocenters. The van der Waals surface area contributed by atoms with Gasteiger partial charge in [-0.1, -0.05) is 46.8 Å². The molecule has 0 saturated carbocycles. The second-order valence-electron chi connectivity index (χ2n) is 2.17. The van der Waals surface area contributed by atoms with Gasteiger partial charge in [-0.15, -0.1) is 19.0 Å². The Kier molecular flexibility index (Phi) is 5.33. The summed E-state index contributed by atoms with van der Waals surface area (Å²) in [5, 5.41) is 0. The van der Waals surface area contributed by atoms with Crippen LogP contribution in [0.4, 0.5) is 0 Å². The average Bonchev–Trinajstić information content (AvgIpc) is 2.05. The van der Waals surface area contributed by atoms with E-state index in [0.29, 0.717) is 4.78 Å². The van der Waals surface area contributed by atoms with Gasteiger partial charge in [-0.2, -0.15) is 0 Å². The predicted molar refractivity (Wildman–Crippen MR) is 52.4 cm³/mol. The SMILES string of the molecule is C=C[CH]([Al])c1ccccc1.Cl. The Balaban J connectivity index is 0.000001000. The van der Waals surface area contributed by atoms with Crippen LogP contribution in [0, 0.1) is 0 Å². The lowest BCUT2D eigenvalue weighted by molar-refractivity contribution is 1.22. The Morgan fingerprint density at radius 3 is 2.27 bits per heavy atom. The molecule has 0 nitrogen and oxygen atoms in total. The first-order valence-corrected chi connectivity index (χ1v) is 3.94. The third-order valence-electron chi connectivity index (χ3n) is 1.44. The van der Waals surface area contributed by atoms with Gasteiger partial charge in [0.15, 0.2) is 0 Å². The summed E-state index contributed by atoms with van der Waals surface area (Å²) in [5.74, 6) is 0. The van der Waals surface area contributed by atoms with Gasteiger partial charge >= 0.3 is 0 Å². The molecule has 0 amide bonds. The Hall–Kier alpha value is -0.218. The van der Waals surface area contributed by atoms with Gasteiger partial charge in [0.1, 0.15) is 16.3 Å². The highest BCUT2D eigenvalue weighted by Gasteiger charge is 1.95. The van der Waals surface area contributed by atoms with Crippen LogP contribution in [-0.2, 0) is 0 Å². The average molecular weight is 181 g/mol. The van der Waals surface area contributed by atoms with Crippen LogP contribution in [0.15, 0.2) is 43.0 Å². The van der Waals surface area contributed by atoms with Gasteiger partial charge in [-0.05, 0) is 0 Å². The molecule has 0 spiro atoms. The molecule has 0 aromatic heterocycles. The first-order chi connectivity index (χ1) is 4.84. The van der Waals surface area contributed by atoms with Crippen LogP contribution in [0.1, 0.15) is 10.3 Å². The maximum Gasteiger partial charge on any atom is 0.138 e. The molecule has 0 aliphatic rings. The van der Waals surface area contributed by atoms with Crippen LogP contribution in [-0.4, -0.2) is 16.3 Å². The molecule has 1 aromatic rings. The summed E-state index contributed by atoms with van der Waals surface area (Å²) in [6.07, 6.45) is 1.92. The largest absolute Gasteiger partial charge is 0.147 e. The number of rotatable bonds is 2. The summed E-state index contributed by atoms with van der Waals surface area (Å²) < 4.78 is 0.390. The molecular formula is C9H10AlCl. The summed E-state index contributed by atoms with van der Waals surface area (Å²) in [6.45, 7) is 3.72. The van der Waals surface area contributed by atoms with Crippen LogP contribution < -0.4 is 0 Å². The van der Waals surface area contributed by atoms with Gasteiger partial charge < -0.3 is 0 Å². The van der Waals surface area contributed by atoms with Crippen molar-refractivity contribution in [2.45, 2.75) is 4.78 Å². The van der Waals surface area contributed by atoms with Crippen LogP contribution in [0.5, 0.6) is 0 Å². The molecule has 2 heteroatoms. The molecule has 2 radical (unpaired) electrons.